The van der Waals surface area contributed by atoms with Crippen LogP contribution >= 0.6 is 0 Å². The minimum Gasteiger partial charge on any atom is -0.392 e. The van der Waals surface area contributed by atoms with Crippen molar-refractivity contribution >= 4 is 5.69 Å². The van der Waals surface area contributed by atoms with Crippen molar-refractivity contribution in [3.05, 3.63) is 29.3 Å². The van der Waals surface area contributed by atoms with Crippen molar-refractivity contribution in [2.45, 2.75) is 32.9 Å². The molecule has 1 aromatic rings. The predicted octanol–water partition coefficient (Wildman–Crippen LogP) is 2.02. The number of aryl methyl sites for hydroxylation is 1. The van der Waals surface area contributed by atoms with Crippen LogP contribution < -0.4 is 4.90 Å². The Morgan fingerprint density at radius 1 is 1.28 bits per heavy atom. The Labute approximate surface area is 110 Å². The third kappa shape index (κ3) is 2.52. The second kappa shape index (κ2) is 4.90. The highest BCUT2D eigenvalue weighted by Gasteiger charge is 2.31. The molecule has 2 rings (SSSR count). The number of rotatable bonds is 2. The standard InChI is InChI=1S/C15H24N2O/c1-12-9-14(6-5-13(12)10-18)17-8-7-16(4)15(2,3)11-17/h5-6,9,18H,7-8,10-11H2,1-4H3. The lowest BCUT2D eigenvalue weighted by atomic mass is 9.98. The van der Waals surface area contributed by atoms with Gasteiger partial charge < -0.3 is 10.0 Å². The number of aliphatic hydroxyl groups is 1. The molecule has 18 heavy (non-hydrogen) atoms. The maximum Gasteiger partial charge on any atom is 0.0684 e. The summed E-state index contributed by atoms with van der Waals surface area (Å²) >= 11 is 0. The third-order valence-electron chi connectivity index (χ3n) is 4.18. The summed E-state index contributed by atoms with van der Waals surface area (Å²) in [7, 11) is 2.19. The number of anilines is 1. The summed E-state index contributed by atoms with van der Waals surface area (Å²) in [6.07, 6.45) is 0. The zero-order valence-electron chi connectivity index (χ0n) is 11.9. The molecule has 0 atom stereocenters. The zero-order chi connectivity index (χ0) is 13.3. The van der Waals surface area contributed by atoms with Crippen molar-refractivity contribution < 1.29 is 5.11 Å². The highest BCUT2D eigenvalue weighted by molar-refractivity contribution is 5.51. The average Bonchev–Trinajstić information content (AvgIpc) is 2.32. The largest absolute Gasteiger partial charge is 0.392 e. The van der Waals surface area contributed by atoms with Crippen LogP contribution in [0.2, 0.25) is 0 Å². The fraction of sp³-hybridized carbons (Fsp3) is 0.600. The fourth-order valence-electron chi connectivity index (χ4n) is 2.51. The molecule has 0 saturated carbocycles. The molecule has 0 aliphatic carbocycles. The van der Waals surface area contributed by atoms with Crippen molar-refractivity contribution in [3.63, 3.8) is 0 Å². The predicted molar refractivity (Wildman–Crippen MR) is 76.0 cm³/mol. The highest BCUT2D eigenvalue weighted by Crippen LogP contribution is 2.26. The van der Waals surface area contributed by atoms with Gasteiger partial charge in [0.1, 0.15) is 0 Å². The number of aliphatic hydroxyl groups excluding tert-OH is 1. The molecule has 0 spiro atoms. The summed E-state index contributed by atoms with van der Waals surface area (Å²) in [4.78, 5) is 4.85. The molecule has 1 fully saturated rings. The molecule has 0 aromatic heterocycles. The van der Waals surface area contributed by atoms with E-state index in [9.17, 15) is 5.11 Å². The van der Waals surface area contributed by atoms with Gasteiger partial charge >= 0.3 is 0 Å². The van der Waals surface area contributed by atoms with Crippen LogP contribution in [0.25, 0.3) is 0 Å². The Morgan fingerprint density at radius 3 is 2.56 bits per heavy atom. The van der Waals surface area contributed by atoms with Gasteiger partial charge in [0, 0.05) is 30.9 Å². The molecule has 0 bridgehead atoms. The molecule has 1 saturated heterocycles. The quantitative estimate of drug-likeness (QED) is 0.867. The van der Waals surface area contributed by atoms with Gasteiger partial charge in [-0.3, -0.25) is 4.90 Å². The summed E-state index contributed by atoms with van der Waals surface area (Å²) in [5, 5.41) is 9.22. The van der Waals surface area contributed by atoms with Gasteiger partial charge in [-0.1, -0.05) is 6.07 Å². The van der Waals surface area contributed by atoms with Gasteiger partial charge in [0.15, 0.2) is 0 Å². The maximum atomic E-state index is 9.22. The molecule has 1 heterocycles. The van der Waals surface area contributed by atoms with E-state index in [0.29, 0.717) is 0 Å². The van der Waals surface area contributed by atoms with Crippen LogP contribution in [0.4, 0.5) is 5.69 Å². The van der Waals surface area contributed by atoms with E-state index in [1.807, 2.05) is 6.07 Å². The molecule has 0 radical (unpaired) electrons. The van der Waals surface area contributed by atoms with Crippen LogP contribution in [0.1, 0.15) is 25.0 Å². The molecule has 1 aliphatic rings. The minimum atomic E-state index is 0.125. The molecule has 1 N–H and O–H groups in total. The summed E-state index contributed by atoms with van der Waals surface area (Å²) in [6, 6.07) is 6.35. The Balaban J connectivity index is 2.20. The third-order valence-corrected chi connectivity index (χ3v) is 4.18. The van der Waals surface area contributed by atoms with Crippen LogP contribution in [0.3, 0.4) is 0 Å². The summed E-state index contributed by atoms with van der Waals surface area (Å²) in [5.41, 5.74) is 3.67. The van der Waals surface area contributed by atoms with Crippen molar-refractivity contribution in [3.8, 4) is 0 Å². The Hall–Kier alpha value is -1.06. The molecule has 0 unspecified atom stereocenters. The Bertz CT molecular complexity index is 429. The second-order valence-corrected chi connectivity index (χ2v) is 5.92. The van der Waals surface area contributed by atoms with E-state index in [1.165, 1.54) is 11.3 Å². The van der Waals surface area contributed by atoms with Gasteiger partial charge in [-0.25, -0.2) is 0 Å². The van der Waals surface area contributed by atoms with E-state index < -0.39 is 0 Å². The number of hydrogen-bond donors (Lipinski definition) is 1. The molecule has 100 valence electrons. The van der Waals surface area contributed by atoms with Gasteiger partial charge in [-0.2, -0.15) is 0 Å². The lowest BCUT2D eigenvalue weighted by Gasteiger charge is -2.46. The topological polar surface area (TPSA) is 26.7 Å². The number of piperazine rings is 1. The van der Waals surface area contributed by atoms with E-state index in [4.69, 9.17) is 0 Å². The van der Waals surface area contributed by atoms with Gasteiger partial charge in [-0.15, -0.1) is 0 Å². The number of likely N-dealkylation sites (N-methyl/N-ethyl adjacent to an activating group) is 1. The second-order valence-electron chi connectivity index (χ2n) is 5.92. The normalized spacial score (nSPS) is 20.2. The molecular formula is C15H24N2O. The first-order chi connectivity index (χ1) is 8.44. The van der Waals surface area contributed by atoms with Gasteiger partial charge in [0.25, 0.3) is 0 Å². The van der Waals surface area contributed by atoms with E-state index in [1.54, 1.807) is 0 Å². The monoisotopic (exact) mass is 248 g/mol. The van der Waals surface area contributed by atoms with E-state index in [0.717, 1.165) is 25.2 Å². The van der Waals surface area contributed by atoms with Crippen LogP contribution in [0.5, 0.6) is 0 Å². The van der Waals surface area contributed by atoms with E-state index in [2.05, 4.69) is 49.8 Å². The first-order valence-corrected chi connectivity index (χ1v) is 6.60. The smallest absolute Gasteiger partial charge is 0.0684 e. The van der Waals surface area contributed by atoms with Gasteiger partial charge in [0.2, 0.25) is 0 Å². The SMILES string of the molecule is Cc1cc(N2CCN(C)C(C)(C)C2)ccc1CO. The molecule has 1 aromatic carbocycles. The number of benzene rings is 1. The fourth-order valence-corrected chi connectivity index (χ4v) is 2.51. The zero-order valence-corrected chi connectivity index (χ0v) is 11.9. The Morgan fingerprint density at radius 2 is 2.00 bits per heavy atom. The summed E-state index contributed by atoms with van der Waals surface area (Å²) < 4.78 is 0. The first-order valence-electron chi connectivity index (χ1n) is 6.60. The van der Waals surface area contributed by atoms with Crippen molar-refractivity contribution in [1.29, 1.82) is 0 Å². The number of nitrogens with zero attached hydrogens (tertiary/aromatic N) is 2. The molecular weight excluding hydrogens is 224 g/mol. The Kier molecular flexibility index (Phi) is 3.64. The number of hydrogen-bond acceptors (Lipinski definition) is 3. The van der Waals surface area contributed by atoms with Gasteiger partial charge in [0.05, 0.1) is 6.61 Å². The van der Waals surface area contributed by atoms with Gasteiger partial charge in [-0.05, 0) is 51.1 Å². The van der Waals surface area contributed by atoms with Crippen molar-refractivity contribution in [2.24, 2.45) is 0 Å². The van der Waals surface area contributed by atoms with E-state index in [-0.39, 0.29) is 12.1 Å². The highest BCUT2D eigenvalue weighted by atomic mass is 16.3. The molecule has 3 heteroatoms. The summed E-state index contributed by atoms with van der Waals surface area (Å²) in [5.74, 6) is 0. The van der Waals surface area contributed by atoms with Crippen molar-refractivity contribution in [2.75, 3.05) is 31.6 Å². The van der Waals surface area contributed by atoms with Crippen molar-refractivity contribution in [1.82, 2.24) is 4.90 Å². The van der Waals surface area contributed by atoms with E-state index >= 15 is 0 Å². The summed E-state index contributed by atoms with van der Waals surface area (Å²) in [6.45, 7) is 9.96. The minimum absolute atomic E-state index is 0.125. The first kappa shape index (κ1) is 13.4. The van der Waals surface area contributed by atoms with Crippen LogP contribution in [-0.2, 0) is 6.61 Å². The average molecular weight is 248 g/mol. The maximum absolute atomic E-state index is 9.22. The molecule has 1 aliphatic heterocycles. The van der Waals surface area contributed by atoms with Crippen LogP contribution in [0.15, 0.2) is 18.2 Å². The lowest BCUT2D eigenvalue weighted by Crippen LogP contribution is -2.57. The van der Waals surface area contributed by atoms with Crippen LogP contribution in [0, 0.1) is 6.92 Å². The lowest BCUT2D eigenvalue weighted by molar-refractivity contribution is 0.139. The molecule has 3 nitrogen and oxygen atoms in total. The van der Waals surface area contributed by atoms with Crippen LogP contribution in [-0.4, -0.2) is 42.2 Å². The molecule has 0 amide bonds.